The number of phenolic OH excluding ortho intramolecular Hbond substituents is 1. The summed E-state index contributed by atoms with van der Waals surface area (Å²) in [4.78, 5) is 12.3. The van der Waals surface area contributed by atoms with E-state index in [1.807, 2.05) is 0 Å². The lowest BCUT2D eigenvalue weighted by atomic mass is 10.1. The average Bonchev–Trinajstić information content (AvgIpc) is 2.71. The summed E-state index contributed by atoms with van der Waals surface area (Å²) in [6.45, 7) is -0.210. The molecule has 0 radical (unpaired) electrons. The number of alkyl halides is 3. The van der Waals surface area contributed by atoms with E-state index in [0.29, 0.717) is 11.6 Å². The van der Waals surface area contributed by atoms with Crippen molar-refractivity contribution in [3.8, 4) is 11.5 Å². The summed E-state index contributed by atoms with van der Waals surface area (Å²) in [5, 5.41) is 10.1. The van der Waals surface area contributed by atoms with Crippen molar-refractivity contribution < 1.29 is 32.5 Å². The number of carbonyl (C=O) groups is 1. The van der Waals surface area contributed by atoms with Crippen LogP contribution in [-0.4, -0.2) is 11.1 Å². The Kier molecular flexibility index (Phi) is 6.07. The van der Waals surface area contributed by atoms with E-state index in [4.69, 9.17) is 9.47 Å². The smallest absolute Gasteiger partial charge is 0.417 e. The number of hydrogen-bond acceptors (Lipinski definition) is 4. The standard InChI is InChI=1S/C22H17F3O4/c23-22(24,25)18-11-17(28-13-15-7-3-1-4-8-15)12-19(26)20(18)21(27)29-14-16-9-5-2-6-10-16/h1-12,26H,13-14H2. The molecule has 0 saturated carbocycles. The molecule has 0 aliphatic heterocycles. The lowest BCUT2D eigenvalue weighted by molar-refractivity contribution is -0.138. The molecule has 0 bridgehead atoms. The second-order valence-electron chi connectivity index (χ2n) is 6.20. The molecule has 0 heterocycles. The van der Waals surface area contributed by atoms with E-state index >= 15 is 0 Å². The zero-order valence-corrected chi connectivity index (χ0v) is 15.1. The van der Waals surface area contributed by atoms with Crippen LogP contribution in [0.5, 0.6) is 11.5 Å². The van der Waals surface area contributed by atoms with Crippen LogP contribution in [0.1, 0.15) is 27.0 Å². The molecule has 7 heteroatoms. The number of carbonyl (C=O) groups excluding carboxylic acids is 1. The normalized spacial score (nSPS) is 11.1. The Labute approximate surface area is 165 Å². The molecule has 0 amide bonds. The van der Waals surface area contributed by atoms with Crippen molar-refractivity contribution in [3.05, 3.63) is 95.1 Å². The number of aromatic hydroxyl groups is 1. The highest BCUT2D eigenvalue weighted by Crippen LogP contribution is 2.39. The Bertz CT molecular complexity index is 971. The Hall–Kier alpha value is -3.48. The van der Waals surface area contributed by atoms with Gasteiger partial charge in [0.15, 0.2) is 0 Å². The van der Waals surface area contributed by atoms with Crippen molar-refractivity contribution in [1.82, 2.24) is 0 Å². The van der Waals surface area contributed by atoms with Crippen LogP contribution in [0.4, 0.5) is 13.2 Å². The molecule has 0 atom stereocenters. The molecule has 0 unspecified atom stereocenters. The summed E-state index contributed by atoms with van der Waals surface area (Å²) in [5.41, 5.74) is -0.914. The monoisotopic (exact) mass is 402 g/mol. The van der Waals surface area contributed by atoms with Crippen LogP contribution in [0.25, 0.3) is 0 Å². The third kappa shape index (κ3) is 5.28. The van der Waals surface area contributed by atoms with Crippen LogP contribution >= 0.6 is 0 Å². The van der Waals surface area contributed by atoms with Gasteiger partial charge in [0.1, 0.15) is 30.3 Å². The first-order valence-corrected chi connectivity index (χ1v) is 8.66. The molecule has 0 aliphatic carbocycles. The van der Waals surface area contributed by atoms with Crippen molar-refractivity contribution in [1.29, 1.82) is 0 Å². The average molecular weight is 402 g/mol. The minimum absolute atomic E-state index is 0.00930. The van der Waals surface area contributed by atoms with Gasteiger partial charge in [-0.15, -0.1) is 0 Å². The highest BCUT2D eigenvalue weighted by molar-refractivity contribution is 5.94. The molecule has 4 nitrogen and oxygen atoms in total. The van der Waals surface area contributed by atoms with Crippen molar-refractivity contribution >= 4 is 5.97 Å². The third-order valence-corrected chi connectivity index (χ3v) is 4.06. The Morgan fingerprint density at radius 3 is 1.97 bits per heavy atom. The largest absolute Gasteiger partial charge is 0.507 e. The molecule has 29 heavy (non-hydrogen) atoms. The van der Waals surface area contributed by atoms with Crippen LogP contribution in [-0.2, 0) is 24.1 Å². The zero-order chi connectivity index (χ0) is 20.9. The lowest BCUT2D eigenvalue weighted by Gasteiger charge is -2.16. The van der Waals surface area contributed by atoms with Gasteiger partial charge in [-0.05, 0) is 17.2 Å². The first-order chi connectivity index (χ1) is 13.8. The number of phenols is 1. The zero-order valence-electron chi connectivity index (χ0n) is 15.1. The van der Waals surface area contributed by atoms with Gasteiger partial charge in [0.2, 0.25) is 0 Å². The van der Waals surface area contributed by atoms with E-state index in [-0.39, 0.29) is 19.0 Å². The van der Waals surface area contributed by atoms with Crippen LogP contribution in [0, 0.1) is 0 Å². The van der Waals surface area contributed by atoms with Gasteiger partial charge < -0.3 is 14.6 Å². The maximum Gasteiger partial charge on any atom is 0.417 e. The molecule has 3 aromatic rings. The molecule has 0 spiro atoms. The predicted octanol–water partition coefficient (Wildman–Crippen LogP) is 5.35. The number of hydrogen-bond donors (Lipinski definition) is 1. The van der Waals surface area contributed by atoms with E-state index in [1.165, 1.54) is 0 Å². The molecule has 3 rings (SSSR count). The van der Waals surface area contributed by atoms with Crippen LogP contribution in [0.15, 0.2) is 72.8 Å². The molecule has 0 fully saturated rings. The fraction of sp³-hybridized carbons (Fsp3) is 0.136. The predicted molar refractivity (Wildman–Crippen MR) is 99.4 cm³/mol. The fourth-order valence-electron chi connectivity index (χ4n) is 2.66. The topological polar surface area (TPSA) is 55.8 Å². The second-order valence-corrected chi connectivity index (χ2v) is 6.20. The van der Waals surface area contributed by atoms with Gasteiger partial charge in [-0.1, -0.05) is 60.7 Å². The van der Waals surface area contributed by atoms with Gasteiger partial charge >= 0.3 is 12.1 Å². The molecule has 0 aliphatic rings. The Morgan fingerprint density at radius 2 is 1.41 bits per heavy atom. The Morgan fingerprint density at radius 1 is 0.862 bits per heavy atom. The highest BCUT2D eigenvalue weighted by Gasteiger charge is 2.38. The maximum absolute atomic E-state index is 13.5. The van der Waals surface area contributed by atoms with Gasteiger partial charge in [0.25, 0.3) is 0 Å². The van der Waals surface area contributed by atoms with Crippen molar-refractivity contribution in [2.45, 2.75) is 19.4 Å². The molecular formula is C22H17F3O4. The summed E-state index contributed by atoms with van der Waals surface area (Å²) >= 11 is 0. The van der Waals surface area contributed by atoms with E-state index < -0.39 is 29.0 Å². The number of ether oxygens (including phenoxy) is 2. The summed E-state index contributed by atoms with van der Waals surface area (Å²) in [6, 6.07) is 19.0. The van der Waals surface area contributed by atoms with Gasteiger partial charge in [-0.25, -0.2) is 4.79 Å². The first-order valence-electron chi connectivity index (χ1n) is 8.66. The summed E-state index contributed by atoms with van der Waals surface area (Å²) in [6.07, 6.45) is -4.88. The molecule has 1 N–H and O–H groups in total. The van der Waals surface area contributed by atoms with Gasteiger partial charge in [0, 0.05) is 6.07 Å². The second kappa shape index (κ2) is 8.68. The number of benzene rings is 3. The molecule has 3 aromatic carbocycles. The quantitative estimate of drug-likeness (QED) is 0.565. The first kappa shape index (κ1) is 20.3. The summed E-state index contributed by atoms with van der Waals surface area (Å²) in [7, 11) is 0. The maximum atomic E-state index is 13.5. The fourth-order valence-corrected chi connectivity index (χ4v) is 2.66. The molecular weight excluding hydrogens is 385 g/mol. The van der Waals surface area contributed by atoms with Crippen LogP contribution in [0.3, 0.4) is 0 Å². The van der Waals surface area contributed by atoms with Crippen LogP contribution < -0.4 is 4.74 Å². The molecule has 0 saturated heterocycles. The van der Waals surface area contributed by atoms with Crippen LogP contribution in [0.2, 0.25) is 0 Å². The highest BCUT2D eigenvalue weighted by atomic mass is 19.4. The Balaban J connectivity index is 1.83. The van der Waals surface area contributed by atoms with E-state index in [0.717, 1.165) is 11.6 Å². The lowest BCUT2D eigenvalue weighted by Crippen LogP contribution is -2.16. The summed E-state index contributed by atoms with van der Waals surface area (Å²) in [5.74, 6) is -2.34. The molecule has 0 aromatic heterocycles. The SMILES string of the molecule is O=C(OCc1ccccc1)c1c(O)cc(OCc2ccccc2)cc1C(F)(F)F. The van der Waals surface area contributed by atoms with Gasteiger partial charge in [-0.2, -0.15) is 13.2 Å². The number of rotatable bonds is 6. The minimum atomic E-state index is -4.88. The number of halogens is 3. The number of esters is 1. The van der Waals surface area contributed by atoms with E-state index in [1.54, 1.807) is 60.7 Å². The summed E-state index contributed by atoms with van der Waals surface area (Å²) < 4.78 is 50.9. The van der Waals surface area contributed by atoms with Crippen molar-refractivity contribution in [2.75, 3.05) is 0 Å². The molecule has 150 valence electrons. The third-order valence-electron chi connectivity index (χ3n) is 4.06. The minimum Gasteiger partial charge on any atom is -0.507 e. The van der Waals surface area contributed by atoms with Gasteiger partial charge in [0.05, 0.1) is 5.56 Å². The van der Waals surface area contributed by atoms with Crippen molar-refractivity contribution in [3.63, 3.8) is 0 Å². The van der Waals surface area contributed by atoms with Crippen molar-refractivity contribution in [2.24, 2.45) is 0 Å². The van der Waals surface area contributed by atoms with Gasteiger partial charge in [-0.3, -0.25) is 0 Å². The van der Waals surface area contributed by atoms with E-state index in [2.05, 4.69) is 0 Å². The van der Waals surface area contributed by atoms with E-state index in [9.17, 15) is 23.1 Å².